The quantitative estimate of drug-likeness (QED) is 0.330. The first-order valence-electron chi connectivity index (χ1n) is 10.4. The van der Waals surface area contributed by atoms with Crippen molar-refractivity contribution < 1.29 is 21.5 Å². The van der Waals surface area contributed by atoms with Gasteiger partial charge in [-0.2, -0.15) is 0 Å². The molecule has 0 aromatic rings. The van der Waals surface area contributed by atoms with Crippen molar-refractivity contribution in [3.8, 4) is 0 Å². The van der Waals surface area contributed by atoms with E-state index in [4.69, 9.17) is 12.0 Å². The van der Waals surface area contributed by atoms with Gasteiger partial charge in [0.2, 0.25) is 0 Å². The molecule has 3 heteroatoms. The van der Waals surface area contributed by atoms with Gasteiger partial charge in [-0.3, -0.25) is 9.59 Å². The predicted octanol–water partition coefficient (Wildman–Crippen LogP) is 5.29. The topological polar surface area (TPSA) is 54.4 Å². The summed E-state index contributed by atoms with van der Waals surface area (Å²) in [6.07, 6.45) is 9.05. The molecule has 122 valence electrons. The minimum atomic E-state index is -2.59. The lowest BCUT2D eigenvalue weighted by Crippen LogP contribution is -1.96. The number of carbonyl (C=O) groups excluding carboxylic acids is 1. The summed E-state index contributed by atoms with van der Waals surface area (Å²) in [4.78, 5) is 22.1. The number of hydrogen-bond acceptors (Lipinski definition) is 2. The summed E-state index contributed by atoms with van der Waals surface area (Å²) in [5, 5.41) is 8.52. The van der Waals surface area contributed by atoms with Crippen LogP contribution in [-0.4, -0.2) is 16.9 Å². The van der Waals surface area contributed by atoms with Crippen LogP contribution in [-0.2, 0) is 9.59 Å². The minimum Gasteiger partial charge on any atom is -0.481 e. The zero-order valence-electron chi connectivity index (χ0n) is 17.9. The Morgan fingerprint density at radius 1 is 0.952 bits per heavy atom. The number of ketones is 1. The fourth-order valence-electron chi connectivity index (χ4n) is 2.05. The molecule has 0 heterocycles. The molecule has 0 amide bonds. The van der Waals surface area contributed by atoms with E-state index in [1.54, 1.807) is 6.08 Å². The van der Waals surface area contributed by atoms with Gasteiger partial charge in [-0.05, 0) is 25.7 Å². The number of allylic oxidation sites excluding steroid dienone is 2. The van der Waals surface area contributed by atoms with E-state index >= 15 is 0 Å². The number of aliphatic carboxylic acids is 1. The van der Waals surface area contributed by atoms with Crippen molar-refractivity contribution >= 4 is 11.8 Å². The lowest BCUT2D eigenvalue weighted by atomic mass is 10.1. The van der Waals surface area contributed by atoms with E-state index in [1.165, 1.54) is 0 Å². The van der Waals surface area contributed by atoms with Gasteiger partial charge in [0, 0.05) is 26.1 Å². The summed E-state index contributed by atoms with van der Waals surface area (Å²) < 4.78 is 36.4. The predicted molar refractivity (Wildman–Crippen MR) is 87.5 cm³/mol. The Labute approximate surface area is 136 Å². The smallest absolute Gasteiger partial charge is 0.303 e. The van der Waals surface area contributed by atoms with Gasteiger partial charge in [0.25, 0.3) is 0 Å². The molecule has 0 rings (SSSR count). The summed E-state index contributed by atoms with van der Waals surface area (Å²) in [7, 11) is 0. The first kappa shape index (κ1) is 12.4. The number of Topliss-reactive ketones (excluding diaryl/α,β-unsaturated/α-hetero) is 1. The Balaban J connectivity index is 3.59. The van der Waals surface area contributed by atoms with Gasteiger partial charge in [0.05, 0.1) is 0 Å². The molecule has 3 nitrogen and oxygen atoms in total. The van der Waals surface area contributed by atoms with Gasteiger partial charge in [-0.1, -0.05) is 57.5 Å². The number of carboxylic acids is 1. The van der Waals surface area contributed by atoms with Crippen LogP contribution in [0.4, 0.5) is 0 Å². The molecule has 0 saturated carbocycles. The number of hydrogen-bond donors (Lipinski definition) is 1. The van der Waals surface area contributed by atoms with Gasteiger partial charge in [0.1, 0.15) is 5.78 Å². The lowest BCUT2D eigenvalue weighted by Gasteiger charge is -2.00. The summed E-state index contributed by atoms with van der Waals surface area (Å²) in [6.45, 7) is -2.59. The maximum Gasteiger partial charge on any atom is 0.303 e. The van der Waals surface area contributed by atoms with E-state index in [9.17, 15) is 9.59 Å². The van der Waals surface area contributed by atoms with Crippen LogP contribution in [0.1, 0.15) is 97.1 Å². The van der Waals surface area contributed by atoms with E-state index < -0.39 is 19.2 Å². The molecule has 0 spiro atoms. The number of carbonyl (C=O) groups is 2. The monoisotopic (exact) mass is 301 g/mol. The molecule has 21 heavy (non-hydrogen) atoms. The molecule has 0 bridgehead atoms. The zero-order chi connectivity index (χ0) is 20.1. The van der Waals surface area contributed by atoms with Crippen LogP contribution in [0.25, 0.3) is 0 Å². The Kier molecular flexibility index (Phi) is 9.04. The highest BCUT2D eigenvalue weighted by atomic mass is 16.4. The molecule has 0 aliphatic rings. The fraction of sp³-hybridized carbons (Fsp3) is 0.778. The van der Waals surface area contributed by atoms with Crippen LogP contribution in [0.15, 0.2) is 12.2 Å². The van der Waals surface area contributed by atoms with Crippen molar-refractivity contribution in [2.75, 3.05) is 0 Å². The van der Waals surface area contributed by atoms with Crippen molar-refractivity contribution in [2.45, 2.75) is 90.3 Å². The van der Waals surface area contributed by atoms with Crippen molar-refractivity contribution in [3.05, 3.63) is 12.2 Å². The largest absolute Gasteiger partial charge is 0.481 e. The van der Waals surface area contributed by atoms with E-state index in [-0.39, 0.29) is 18.6 Å². The van der Waals surface area contributed by atoms with Gasteiger partial charge in [-0.15, -0.1) is 0 Å². The molecule has 0 saturated heterocycles. The van der Waals surface area contributed by atoms with E-state index in [0.717, 1.165) is 32.1 Å². The first-order valence-corrected chi connectivity index (χ1v) is 7.95. The second-order valence-corrected chi connectivity index (χ2v) is 5.30. The van der Waals surface area contributed by atoms with Gasteiger partial charge in [-0.25, -0.2) is 0 Å². The van der Waals surface area contributed by atoms with E-state index in [0.29, 0.717) is 32.1 Å². The molecule has 0 radical (unpaired) electrons. The molecule has 0 atom stereocenters. The van der Waals surface area contributed by atoms with Gasteiger partial charge >= 0.3 is 5.97 Å². The third-order valence-electron chi connectivity index (χ3n) is 3.28. The molecule has 1 N–H and O–H groups in total. The summed E-state index contributed by atoms with van der Waals surface area (Å²) in [5.74, 6) is -0.579. The lowest BCUT2D eigenvalue weighted by molar-refractivity contribution is -0.137. The second-order valence-electron chi connectivity index (χ2n) is 5.30. The molecule has 0 fully saturated rings. The molecule has 0 aromatic carbocycles. The standard InChI is InChI=1S/C18H32O3/c1-2-3-4-5-8-11-14-17(19)15-12-9-6-7-10-13-16-18(20)21/h8,11H,2-7,9-10,12-16H2,1H3,(H,20,21)/b11-8-/i1D3,2D2. The highest BCUT2D eigenvalue weighted by Gasteiger charge is 2.00. The highest BCUT2D eigenvalue weighted by Crippen LogP contribution is 2.09. The molecular formula is C18H32O3. The fourth-order valence-corrected chi connectivity index (χ4v) is 2.05. The van der Waals surface area contributed by atoms with Gasteiger partial charge < -0.3 is 5.11 Å². The summed E-state index contributed by atoms with van der Waals surface area (Å²) in [6, 6.07) is 0. The van der Waals surface area contributed by atoms with Crippen LogP contribution >= 0.6 is 0 Å². The Morgan fingerprint density at radius 3 is 2.29 bits per heavy atom. The Hall–Kier alpha value is -1.12. The maximum atomic E-state index is 11.7. The van der Waals surface area contributed by atoms with E-state index in [1.807, 2.05) is 6.08 Å². The van der Waals surface area contributed by atoms with Crippen molar-refractivity contribution in [2.24, 2.45) is 0 Å². The van der Waals surface area contributed by atoms with E-state index in [2.05, 4.69) is 0 Å². The van der Waals surface area contributed by atoms with Crippen LogP contribution < -0.4 is 0 Å². The highest BCUT2D eigenvalue weighted by molar-refractivity contribution is 5.79. The molecule has 0 aromatic heterocycles. The van der Waals surface area contributed by atoms with Crippen LogP contribution in [0.5, 0.6) is 0 Å². The van der Waals surface area contributed by atoms with Crippen molar-refractivity contribution in [3.63, 3.8) is 0 Å². The normalized spacial score (nSPS) is 15.9. The maximum absolute atomic E-state index is 11.7. The third-order valence-corrected chi connectivity index (χ3v) is 3.28. The van der Waals surface area contributed by atoms with Crippen molar-refractivity contribution in [1.82, 2.24) is 0 Å². The average Bonchev–Trinajstić information content (AvgIpc) is 2.51. The molecule has 0 unspecified atom stereocenters. The molecular weight excluding hydrogens is 264 g/mol. The minimum absolute atomic E-state index is 0.0196. The number of unbranched alkanes of at least 4 members (excludes halogenated alkanes) is 6. The average molecular weight is 301 g/mol. The number of carboxylic acid groups (broad SMARTS) is 1. The summed E-state index contributed by atoms with van der Waals surface area (Å²) >= 11 is 0. The second kappa shape index (κ2) is 15.3. The zero-order valence-corrected chi connectivity index (χ0v) is 12.9. The molecule has 0 aliphatic heterocycles. The molecule has 0 aliphatic carbocycles. The number of rotatable bonds is 15. The Bertz CT molecular complexity index is 445. The third kappa shape index (κ3) is 16.8. The van der Waals surface area contributed by atoms with Crippen LogP contribution in [0.3, 0.4) is 0 Å². The Morgan fingerprint density at radius 2 is 1.62 bits per heavy atom. The first-order chi connectivity index (χ1) is 12.1. The van der Waals surface area contributed by atoms with Crippen LogP contribution in [0.2, 0.25) is 0 Å². The SMILES string of the molecule is [2H]C([2H])([2H])C([2H])([2H])CCC/C=C\CC(=O)CCCCCCCCC(=O)O. The van der Waals surface area contributed by atoms with Crippen LogP contribution in [0, 0.1) is 0 Å². The van der Waals surface area contributed by atoms with Gasteiger partial charge in [0.15, 0.2) is 0 Å². The summed E-state index contributed by atoms with van der Waals surface area (Å²) in [5.41, 5.74) is 0. The van der Waals surface area contributed by atoms with Crippen molar-refractivity contribution in [1.29, 1.82) is 0 Å².